The lowest BCUT2D eigenvalue weighted by Gasteiger charge is -2.19. The number of carbonyl (C=O) groups is 1. The van der Waals surface area contributed by atoms with Gasteiger partial charge in [-0.25, -0.2) is 4.79 Å². The van der Waals surface area contributed by atoms with Crippen LogP contribution in [0.4, 0.5) is 4.79 Å². The van der Waals surface area contributed by atoms with Gasteiger partial charge in [-0.1, -0.05) is 6.07 Å². The SMILES string of the molecule is CN=C(NCCCNC(=O)OC(C)(C)C)NCc1nnc2ccccn12. The Morgan fingerprint density at radius 3 is 2.69 bits per heavy atom. The number of ether oxygens (including phenoxy) is 1. The molecule has 0 saturated heterocycles. The molecule has 2 aromatic heterocycles. The van der Waals surface area contributed by atoms with E-state index in [4.69, 9.17) is 4.74 Å². The Hall–Kier alpha value is -2.84. The van der Waals surface area contributed by atoms with E-state index in [0.29, 0.717) is 25.6 Å². The molecule has 2 aromatic rings. The third kappa shape index (κ3) is 6.23. The molecule has 0 aliphatic rings. The van der Waals surface area contributed by atoms with Crippen molar-refractivity contribution in [3.63, 3.8) is 0 Å². The average molecular weight is 361 g/mol. The molecule has 3 N–H and O–H groups in total. The molecule has 26 heavy (non-hydrogen) atoms. The van der Waals surface area contributed by atoms with Crippen LogP contribution in [0.15, 0.2) is 29.4 Å². The molecule has 0 atom stereocenters. The zero-order valence-corrected chi connectivity index (χ0v) is 15.7. The van der Waals surface area contributed by atoms with E-state index >= 15 is 0 Å². The van der Waals surface area contributed by atoms with Crippen molar-refractivity contribution in [1.29, 1.82) is 0 Å². The Balaban J connectivity index is 1.68. The Labute approximate surface area is 153 Å². The van der Waals surface area contributed by atoms with Crippen LogP contribution in [0.1, 0.15) is 33.0 Å². The first-order chi connectivity index (χ1) is 12.4. The minimum absolute atomic E-state index is 0.404. The van der Waals surface area contributed by atoms with Crippen LogP contribution in [0, 0.1) is 0 Å². The van der Waals surface area contributed by atoms with E-state index in [9.17, 15) is 4.79 Å². The smallest absolute Gasteiger partial charge is 0.407 e. The molecule has 142 valence electrons. The maximum atomic E-state index is 11.5. The average Bonchev–Trinajstić information content (AvgIpc) is 2.99. The Kier molecular flexibility index (Phi) is 6.76. The largest absolute Gasteiger partial charge is 0.444 e. The summed E-state index contributed by atoms with van der Waals surface area (Å²) in [6.07, 6.45) is 2.26. The summed E-state index contributed by atoms with van der Waals surface area (Å²) in [5, 5.41) is 17.4. The fourth-order valence-corrected chi connectivity index (χ4v) is 2.19. The molecule has 0 aromatic carbocycles. The molecule has 0 unspecified atom stereocenters. The summed E-state index contributed by atoms with van der Waals surface area (Å²) in [6.45, 7) is 7.19. The summed E-state index contributed by atoms with van der Waals surface area (Å²) in [7, 11) is 1.70. The van der Waals surface area contributed by atoms with E-state index in [1.165, 1.54) is 0 Å². The molecule has 2 heterocycles. The lowest BCUT2D eigenvalue weighted by atomic mass is 10.2. The van der Waals surface area contributed by atoms with E-state index in [1.54, 1.807) is 7.05 Å². The van der Waals surface area contributed by atoms with E-state index < -0.39 is 11.7 Å². The number of hydrogen-bond acceptors (Lipinski definition) is 5. The number of guanidine groups is 1. The monoisotopic (exact) mass is 361 g/mol. The summed E-state index contributed by atoms with van der Waals surface area (Å²) in [6, 6.07) is 5.76. The van der Waals surface area contributed by atoms with Gasteiger partial charge in [-0.15, -0.1) is 10.2 Å². The summed E-state index contributed by atoms with van der Waals surface area (Å²) in [4.78, 5) is 15.7. The van der Waals surface area contributed by atoms with Gasteiger partial charge in [0, 0.05) is 26.3 Å². The lowest BCUT2D eigenvalue weighted by molar-refractivity contribution is 0.0527. The summed E-state index contributed by atoms with van der Waals surface area (Å²) in [5.41, 5.74) is 0.320. The number of aromatic nitrogens is 3. The van der Waals surface area contributed by atoms with E-state index in [2.05, 4.69) is 31.1 Å². The highest BCUT2D eigenvalue weighted by Crippen LogP contribution is 2.06. The second kappa shape index (κ2) is 9.02. The van der Waals surface area contributed by atoms with Crippen molar-refractivity contribution in [2.24, 2.45) is 4.99 Å². The van der Waals surface area contributed by atoms with Gasteiger partial charge in [0.2, 0.25) is 0 Å². The number of nitrogens with zero attached hydrogens (tertiary/aromatic N) is 4. The van der Waals surface area contributed by atoms with Crippen LogP contribution >= 0.6 is 0 Å². The minimum Gasteiger partial charge on any atom is -0.444 e. The predicted molar refractivity (Wildman–Crippen MR) is 100 cm³/mol. The molecule has 0 aliphatic heterocycles. The van der Waals surface area contributed by atoms with Crippen LogP contribution in [0.5, 0.6) is 0 Å². The summed E-state index contributed by atoms with van der Waals surface area (Å²) < 4.78 is 7.10. The van der Waals surface area contributed by atoms with Gasteiger partial charge in [0.15, 0.2) is 17.4 Å². The number of carbonyl (C=O) groups excluding carboxylic acids is 1. The molecular weight excluding hydrogens is 334 g/mol. The third-order valence-electron chi connectivity index (χ3n) is 3.34. The minimum atomic E-state index is -0.486. The van der Waals surface area contributed by atoms with Gasteiger partial charge in [-0.2, -0.15) is 0 Å². The van der Waals surface area contributed by atoms with Crippen LogP contribution in [-0.4, -0.2) is 52.4 Å². The van der Waals surface area contributed by atoms with Crippen molar-refractivity contribution in [2.75, 3.05) is 20.1 Å². The number of pyridine rings is 1. The van der Waals surface area contributed by atoms with Crippen LogP contribution in [0.25, 0.3) is 5.65 Å². The highest BCUT2D eigenvalue weighted by molar-refractivity contribution is 5.79. The number of aliphatic imine (C=N–C) groups is 1. The van der Waals surface area contributed by atoms with Gasteiger partial charge in [0.1, 0.15) is 5.60 Å². The maximum Gasteiger partial charge on any atom is 0.407 e. The van der Waals surface area contributed by atoms with Gasteiger partial charge < -0.3 is 20.7 Å². The number of rotatable bonds is 6. The van der Waals surface area contributed by atoms with Crippen molar-refractivity contribution in [1.82, 2.24) is 30.5 Å². The molecule has 1 amide bonds. The van der Waals surface area contributed by atoms with Gasteiger partial charge in [-0.3, -0.25) is 9.39 Å². The quantitative estimate of drug-likeness (QED) is 0.407. The zero-order chi connectivity index (χ0) is 19.0. The second-order valence-electron chi connectivity index (χ2n) is 6.68. The van der Waals surface area contributed by atoms with Crippen LogP contribution in [0.2, 0.25) is 0 Å². The first-order valence-corrected chi connectivity index (χ1v) is 8.59. The normalized spacial score (nSPS) is 12.1. The highest BCUT2D eigenvalue weighted by Gasteiger charge is 2.15. The van der Waals surface area contributed by atoms with Gasteiger partial charge >= 0.3 is 6.09 Å². The maximum absolute atomic E-state index is 11.5. The zero-order valence-electron chi connectivity index (χ0n) is 15.7. The number of nitrogens with one attached hydrogen (secondary N) is 3. The Bertz CT molecular complexity index is 749. The molecule has 0 aliphatic carbocycles. The third-order valence-corrected chi connectivity index (χ3v) is 3.34. The van der Waals surface area contributed by atoms with Crippen molar-refractivity contribution in [3.05, 3.63) is 30.2 Å². The van der Waals surface area contributed by atoms with Crippen molar-refractivity contribution >= 4 is 17.7 Å². The Morgan fingerprint density at radius 1 is 1.19 bits per heavy atom. The molecule has 0 spiro atoms. The molecule has 0 bridgehead atoms. The molecule has 0 saturated carbocycles. The molecule has 0 radical (unpaired) electrons. The molecule has 2 rings (SSSR count). The van der Waals surface area contributed by atoms with E-state index in [0.717, 1.165) is 17.9 Å². The molecular formula is C17H27N7O2. The van der Waals surface area contributed by atoms with Crippen molar-refractivity contribution in [3.8, 4) is 0 Å². The van der Waals surface area contributed by atoms with Crippen molar-refractivity contribution < 1.29 is 9.53 Å². The Morgan fingerprint density at radius 2 is 1.96 bits per heavy atom. The van der Waals surface area contributed by atoms with Gasteiger partial charge in [0.05, 0.1) is 6.54 Å². The standard InChI is InChI=1S/C17H27N7O2/c1-17(2,3)26-16(25)20-10-7-9-19-15(18-4)21-12-14-23-22-13-8-5-6-11-24(13)14/h5-6,8,11H,7,9-10,12H2,1-4H3,(H,20,25)(H2,18,19,21). The second-order valence-corrected chi connectivity index (χ2v) is 6.68. The molecule has 9 nitrogen and oxygen atoms in total. The fraction of sp³-hybridized carbons (Fsp3) is 0.529. The topological polar surface area (TPSA) is 105 Å². The number of alkyl carbamates (subject to hydrolysis) is 1. The number of hydrogen-bond donors (Lipinski definition) is 3. The first-order valence-electron chi connectivity index (χ1n) is 8.59. The fourth-order valence-electron chi connectivity index (χ4n) is 2.19. The summed E-state index contributed by atoms with van der Waals surface area (Å²) in [5.74, 6) is 1.46. The predicted octanol–water partition coefficient (Wildman–Crippen LogP) is 1.31. The van der Waals surface area contributed by atoms with Crippen LogP contribution in [-0.2, 0) is 11.3 Å². The number of amides is 1. The first kappa shape index (κ1) is 19.5. The summed E-state index contributed by atoms with van der Waals surface area (Å²) >= 11 is 0. The lowest BCUT2D eigenvalue weighted by Crippen LogP contribution is -2.39. The molecule has 0 fully saturated rings. The van der Waals surface area contributed by atoms with Gasteiger partial charge in [0.25, 0.3) is 0 Å². The van der Waals surface area contributed by atoms with Gasteiger partial charge in [-0.05, 0) is 39.3 Å². The number of fused-ring (bicyclic) bond motifs is 1. The highest BCUT2D eigenvalue weighted by atomic mass is 16.6. The van der Waals surface area contributed by atoms with Crippen molar-refractivity contribution in [2.45, 2.75) is 39.3 Å². The van der Waals surface area contributed by atoms with Crippen LogP contribution in [0.3, 0.4) is 0 Å². The van der Waals surface area contributed by atoms with E-state index in [-0.39, 0.29) is 0 Å². The van der Waals surface area contributed by atoms with Crippen LogP contribution < -0.4 is 16.0 Å². The van der Waals surface area contributed by atoms with E-state index in [1.807, 2.05) is 49.6 Å². The molecule has 9 heteroatoms.